The van der Waals surface area contributed by atoms with E-state index in [-0.39, 0.29) is 0 Å². The van der Waals surface area contributed by atoms with Crippen LogP contribution in [0, 0.1) is 0 Å². The van der Waals surface area contributed by atoms with Gasteiger partial charge in [-0.1, -0.05) is 48.8 Å². The third kappa shape index (κ3) is 4.08. The molecule has 0 aromatic heterocycles. The van der Waals surface area contributed by atoms with Crippen molar-refractivity contribution in [1.82, 2.24) is 0 Å². The number of aliphatic hydroxyl groups is 1. The molecule has 0 fully saturated rings. The van der Waals surface area contributed by atoms with Crippen LogP contribution >= 0.6 is 15.9 Å². The van der Waals surface area contributed by atoms with Crippen LogP contribution in [0.2, 0.25) is 0 Å². The number of benzene rings is 2. The van der Waals surface area contributed by atoms with Gasteiger partial charge in [-0.2, -0.15) is 0 Å². The molecule has 21 heavy (non-hydrogen) atoms. The van der Waals surface area contributed by atoms with Crippen molar-refractivity contribution >= 4 is 15.9 Å². The molecule has 0 aliphatic carbocycles. The van der Waals surface area contributed by atoms with Gasteiger partial charge in [-0.25, -0.2) is 0 Å². The lowest BCUT2D eigenvalue weighted by Crippen LogP contribution is -1.96. The molecule has 0 heterocycles. The predicted molar refractivity (Wildman–Crippen MR) is 90.0 cm³/mol. The molecule has 2 nitrogen and oxygen atoms in total. The molecule has 0 aliphatic heterocycles. The van der Waals surface area contributed by atoms with Crippen molar-refractivity contribution in [2.75, 3.05) is 0 Å². The Morgan fingerprint density at radius 2 is 1.76 bits per heavy atom. The van der Waals surface area contributed by atoms with E-state index in [4.69, 9.17) is 4.74 Å². The topological polar surface area (TPSA) is 29.5 Å². The standard InChI is InChI=1S/C18H21BrO2/c1-4-17(20)13-5-8-15(9-6-13)21-18-10-7-14(19)11-16(18)12(2)3/h5-12,17,20H,4H2,1-3H3/t17-/m1/s1. The van der Waals surface area contributed by atoms with E-state index < -0.39 is 6.10 Å². The average molecular weight is 349 g/mol. The number of rotatable bonds is 5. The van der Waals surface area contributed by atoms with Crippen LogP contribution in [0.4, 0.5) is 0 Å². The van der Waals surface area contributed by atoms with Gasteiger partial charge in [-0.15, -0.1) is 0 Å². The summed E-state index contributed by atoms with van der Waals surface area (Å²) in [6.07, 6.45) is 0.308. The van der Waals surface area contributed by atoms with Gasteiger partial charge in [0.05, 0.1) is 6.10 Å². The zero-order chi connectivity index (χ0) is 15.4. The Kier molecular flexibility index (Phi) is 5.43. The van der Waals surface area contributed by atoms with Gasteiger partial charge in [0.25, 0.3) is 0 Å². The molecule has 0 saturated heterocycles. The van der Waals surface area contributed by atoms with Gasteiger partial charge in [-0.05, 0) is 53.8 Å². The minimum absolute atomic E-state index is 0.388. The molecular formula is C18H21BrO2. The number of hydrogen-bond acceptors (Lipinski definition) is 2. The van der Waals surface area contributed by atoms with Crippen LogP contribution in [0.25, 0.3) is 0 Å². The summed E-state index contributed by atoms with van der Waals surface area (Å²) >= 11 is 3.50. The van der Waals surface area contributed by atoms with Gasteiger partial charge < -0.3 is 9.84 Å². The minimum atomic E-state index is -0.405. The first-order valence-electron chi connectivity index (χ1n) is 7.26. The van der Waals surface area contributed by atoms with E-state index in [1.54, 1.807) is 0 Å². The van der Waals surface area contributed by atoms with E-state index >= 15 is 0 Å². The highest BCUT2D eigenvalue weighted by Crippen LogP contribution is 2.33. The van der Waals surface area contributed by atoms with Crippen molar-refractivity contribution in [3.63, 3.8) is 0 Å². The van der Waals surface area contributed by atoms with Gasteiger partial charge in [0, 0.05) is 4.47 Å². The van der Waals surface area contributed by atoms with Gasteiger partial charge in [-0.3, -0.25) is 0 Å². The third-order valence-electron chi connectivity index (χ3n) is 3.47. The maximum Gasteiger partial charge on any atom is 0.130 e. The molecule has 0 aliphatic rings. The molecule has 2 rings (SSSR count). The molecule has 0 spiro atoms. The SMILES string of the molecule is CC[C@@H](O)c1ccc(Oc2ccc(Br)cc2C(C)C)cc1. The summed E-state index contributed by atoms with van der Waals surface area (Å²) in [6.45, 7) is 6.26. The van der Waals surface area contributed by atoms with Crippen molar-refractivity contribution in [2.45, 2.75) is 39.2 Å². The lowest BCUT2D eigenvalue weighted by atomic mass is 10.0. The molecule has 0 saturated carbocycles. The Morgan fingerprint density at radius 1 is 1.10 bits per heavy atom. The van der Waals surface area contributed by atoms with Crippen molar-refractivity contribution in [1.29, 1.82) is 0 Å². The first-order valence-corrected chi connectivity index (χ1v) is 8.06. The Bertz CT molecular complexity index is 591. The summed E-state index contributed by atoms with van der Waals surface area (Å²) in [6, 6.07) is 13.7. The van der Waals surface area contributed by atoms with E-state index in [9.17, 15) is 5.11 Å². The van der Waals surface area contributed by atoms with Crippen molar-refractivity contribution in [3.8, 4) is 11.5 Å². The average Bonchev–Trinajstić information content (AvgIpc) is 2.49. The van der Waals surface area contributed by atoms with E-state index in [0.29, 0.717) is 12.3 Å². The van der Waals surface area contributed by atoms with Crippen LogP contribution in [0.15, 0.2) is 46.9 Å². The normalized spacial score (nSPS) is 12.5. The molecule has 1 N–H and O–H groups in total. The van der Waals surface area contributed by atoms with Crippen LogP contribution in [0.3, 0.4) is 0 Å². The minimum Gasteiger partial charge on any atom is -0.457 e. The fourth-order valence-electron chi connectivity index (χ4n) is 2.18. The number of ether oxygens (including phenoxy) is 1. The van der Waals surface area contributed by atoms with Crippen LogP contribution in [0.1, 0.15) is 50.3 Å². The maximum atomic E-state index is 9.81. The van der Waals surface area contributed by atoms with Crippen molar-refractivity contribution < 1.29 is 9.84 Å². The van der Waals surface area contributed by atoms with Gasteiger partial charge >= 0.3 is 0 Å². The maximum absolute atomic E-state index is 9.81. The van der Waals surface area contributed by atoms with Crippen molar-refractivity contribution in [2.24, 2.45) is 0 Å². The zero-order valence-corrected chi connectivity index (χ0v) is 14.2. The largest absolute Gasteiger partial charge is 0.457 e. The summed E-state index contributed by atoms with van der Waals surface area (Å²) in [5, 5.41) is 9.81. The first kappa shape index (κ1) is 16.1. The summed E-state index contributed by atoms with van der Waals surface area (Å²) in [5.74, 6) is 2.04. The highest BCUT2D eigenvalue weighted by atomic mass is 79.9. The van der Waals surface area contributed by atoms with Gasteiger partial charge in [0.1, 0.15) is 11.5 Å². The van der Waals surface area contributed by atoms with Crippen molar-refractivity contribution in [3.05, 3.63) is 58.1 Å². The van der Waals surface area contributed by atoms with Crippen LogP contribution in [-0.4, -0.2) is 5.11 Å². The highest BCUT2D eigenvalue weighted by molar-refractivity contribution is 9.10. The smallest absolute Gasteiger partial charge is 0.130 e. The fraction of sp³-hybridized carbons (Fsp3) is 0.333. The first-order chi connectivity index (χ1) is 10.0. The second-order valence-electron chi connectivity index (χ2n) is 5.43. The monoisotopic (exact) mass is 348 g/mol. The van der Waals surface area contributed by atoms with E-state index in [2.05, 4.69) is 35.8 Å². The molecule has 1 atom stereocenters. The molecule has 2 aromatic rings. The predicted octanol–water partition coefficient (Wildman–Crippen LogP) is 5.81. The molecule has 112 valence electrons. The Balaban J connectivity index is 2.22. The lowest BCUT2D eigenvalue weighted by Gasteiger charge is -2.15. The summed E-state index contributed by atoms with van der Waals surface area (Å²) in [7, 11) is 0. The quantitative estimate of drug-likeness (QED) is 0.738. The summed E-state index contributed by atoms with van der Waals surface area (Å²) in [5.41, 5.74) is 2.09. The number of aliphatic hydroxyl groups excluding tert-OH is 1. The van der Waals surface area contributed by atoms with Crippen LogP contribution in [0.5, 0.6) is 11.5 Å². The second kappa shape index (κ2) is 7.10. The van der Waals surface area contributed by atoms with E-state index in [0.717, 1.165) is 21.5 Å². The molecule has 0 radical (unpaired) electrons. The second-order valence-corrected chi connectivity index (χ2v) is 6.35. The number of halogens is 1. The zero-order valence-electron chi connectivity index (χ0n) is 12.6. The molecule has 3 heteroatoms. The Labute approximate surface area is 134 Å². The van der Waals surface area contributed by atoms with E-state index in [1.807, 2.05) is 43.3 Å². The molecular weight excluding hydrogens is 328 g/mol. The Morgan fingerprint density at radius 3 is 2.33 bits per heavy atom. The summed E-state index contributed by atoms with van der Waals surface area (Å²) in [4.78, 5) is 0. The van der Waals surface area contributed by atoms with E-state index in [1.165, 1.54) is 5.56 Å². The van der Waals surface area contributed by atoms with Gasteiger partial charge in [0.2, 0.25) is 0 Å². The van der Waals surface area contributed by atoms with Crippen LogP contribution in [-0.2, 0) is 0 Å². The lowest BCUT2D eigenvalue weighted by molar-refractivity contribution is 0.173. The number of hydrogen-bond donors (Lipinski definition) is 1. The molecule has 0 unspecified atom stereocenters. The highest BCUT2D eigenvalue weighted by Gasteiger charge is 2.10. The molecule has 0 amide bonds. The van der Waals surface area contributed by atoms with Gasteiger partial charge in [0.15, 0.2) is 0 Å². The fourth-order valence-corrected chi connectivity index (χ4v) is 2.56. The third-order valence-corrected chi connectivity index (χ3v) is 3.97. The Hall–Kier alpha value is -1.32. The molecule has 2 aromatic carbocycles. The molecule has 0 bridgehead atoms. The van der Waals surface area contributed by atoms with Crippen LogP contribution < -0.4 is 4.74 Å². The summed E-state index contributed by atoms with van der Waals surface area (Å²) < 4.78 is 7.05.